The predicted octanol–water partition coefficient (Wildman–Crippen LogP) is 0.649. The van der Waals surface area contributed by atoms with E-state index in [9.17, 15) is 9.59 Å². The average Bonchev–Trinajstić information content (AvgIpc) is 3.04. The number of rotatable bonds is 6. The second-order valence-electron chi connectivity index (χ2n) is 6.29. The molecule has 7 heteroatoms. The molecular weight excluding hydrogens is 308 g/mol. The van der Waals surface area contributed by atoms with Gasteiger partial charge in [-0.05, 0) is 19.3 Å². The average molecular weight is 332 g/mol. The lowest BCUT2D eigenvalue weighted by atomic mass is 10.1. The van der Waals surface area contributed by atoms with Crippen molar-refractivity contribution in [2.75, 3.05) is 32.8 Å². The van der Waals surface area contributed by atoms with Crippen molar-refractivity contribution in [2.45, 2.75) is 38.1 Å². The highest BCUT2D eigenvalue weighted by molar-refractivity contribution is 5.80. The summed E-state index contributed by atoms with van der Waals surface area (Å²) in [4.78, 5) is 36.3. The van der Waals surface area contributed by atoms with Crippen LogP contribution in [0.15, 0.2) is 18.6 Å². The molecule has 0 unspecified atom stereocenters. The van der Waals surface area contributed by atoms with Crippen LogP contribution in [0.2, 0.25) is 0 Å². The SMILES string of the molecule is O=C1CCCN1CCC(=O)N1CCOC[C@@H]1CCc1cnccn1. The zero-order chi connectivity index (χ0) is 16.8. The highest BCUT2D eigenvalue weighted by atomic mass is 16.5. The van der Waals surface area contributed by atoms with Gasteiger partial charge >= 0.3 is 0 Å². The van der Waals surface area contributed by atoms with E-state index in [4.69, 9.17) is 4.74 Å². The summed E-state index contributed by atoms with van der Waals surface area (Å²) < 4.78 is 5.55. The van der Waals surface area contributed by atoms with Gasteiger partial charge in [-0.1, -0.05) is 0 Å². The zero-order valence-corrected chi connectivity index (χ0v) is 13.9. The molecule has 1 atom stereocenters. The molecule has 2 fully saturated rings. The molecule has 0 bridgehead atoms. The molecule has 3 heterocycles. The van der Waals surface area contributed by atoms with Crippen LogP contribution in [0.3, 0.4) is 0 Å². The molecule has 2 amide bonds. The number of ether oxygens (including phenoxy) is 1. The lowest BCUT2D eigenvalue weighted by Crippen LogP contribution is -2.49. The third-order valence-electron chi connectivity index (χ3n) is 4.67. The maximum atomic E-state index is 12.6. The van der Waals surface area contributed by atoms with E-state index < -0.39 is 0 Å². The summed E-state index contributed by atoms with van der Waals surface area (Å²) in [5.74, 6) is 0.283. The third kappa shape index (κ3) is 4.29. The van der Waals surface area contributed by atoms with Crippen molar-refractivity contribution in [1.29, 1.82) is 0 Å². The molecule has 0 spiro atoms. The van der Waals surface area contributed by atoms with Gasteiger partial charge in [-0.2, -0.15) is 0 Å². The fourth-order valence-corrected chi connectivity index (χ4v) is 3.31. The van der Waals surface area contributed by atoms with Gasteiger partial charge in [0.05, 0.1) is 24.9 Å². The van der Waals surface area contributed by atoms with Crippen LogP contribution in [0.4, 0.5) is 0 Å². The van der Waals surface area contributed by atoms with Crippen LogP contribution in [0.25, 0.3) is 0 Å². The molecule has 0 aromatic carbocycles. The number of carbonyl (C=O) groups excluding carboxylic acids is 2. The molecule has 1 aromatic rings. The van der Waals surface area contributed by atoms with Crippen molar-refractivity contribution in [3.63, 3.8) is 0 Å². The first kappa shape index (κ1) is 16.8. The van der Waals surface area contributed by atoms with Gasteiger partial charge in [0.2, 0.25) is 11.8 Å². The molecule has 2 saturated heterocycles. The molecule has 2 aliphatic heterocycles. The van der Waals surface area contributed by atoms with E-state index in [2.05, 4.69) is 9.97 Å². The number of nitrogens with zero attached hydrogens (tertiary/aromatic N) is 4. The monoisotopic (exact) mass is 332 g/mol. The number of aromatic nitrogens is 2. The van der Waals surface area contributed by atoms with Gasteiger partial charge in [-0.25, -0.2) is 0 Å². The Morgan fingerprint density at radius 3 is 3.00 bits per heavy atom. The van der Waals surface area contributed by atoms with Gasteiger partial charge in [0.1, 0.15) is 0 Å². The lowest BCUT2D eigenvalue weighted by molar-refractivity contribution is -0.140. The number of morpholine rings is 1. The first-order valence-corrected chi connectivity index (χ1v) is 8.64. The molecule has 2 aliphatic rings. The molecule has 3 rings (SSSR count). The predicted molar refractivity (Wildman–Crippen MR) is 87.1 cm³/mol. The molecule has 0 aliphatic carbocycles. The van der Waals surface area contributed by atoms with E-state index in [1.807, 2.05) is 4.90 Å². The highest BCUT2D eigenvalue weighted by Crippen LogP contribution is 2.16. The van der Waals surface area contributed by atoms with Gasteiger partial charge in [-0.3, -0.25) is 19.6 Å². The minimum atomic E-state index is 0.0718. The second kappa shape index (κ2) is 8.19. The standard InChI is InChI=1S/C17H24N4O3/c22-16-2-1-8-20(16)9-5-17(23)21-10-11-24-13-15(21)4-3-14-12-18-6-7-19-14/h6-7,12,15H,1-5,8-11,13H2/t15-/m0/s1. The molecule has 0 radical (unpaired) electrons. The van der Waals surface area contributed by atoms with Gasteiger partial charge in [0.15, 0.2) is 0 Å². The van der Waals surface area contributed by atoms with E-state index >= 15 is 0 Å². The maximum absolute atomic E-state index is 12.6. The molecule has 0 N–H and O–H groups in total. The van der Waals surface area contributed by atoms with Crippen molar-refractivity contribution in [3.8, 4) is 0 Å². The van der Waals surface area contributed by atoms with Crippen molar-refractivity contribution >= 4 is 11.8 Å². The third-order valence-corrected chi connectivity index (χ3v) is 4.67. The Kier molecular flexibility index (Phi) is 5.74. The van der Waals surface area contributed by atoms with Gasteiger partial charge in [0, 0.05) is 51.1 Å². The Hall–Kier alpha value is -2.02. The number of likely N-dealkylation sites (tertiary alicyclic amines) is 1. The van der Waals surface area contributed by atoms with Crippen LogP contribution in [0.1, 0.15) is 31.4 Å². The molecule has 130 valence electrons. The van der Waals surface area contributed by atoms with Crippen LogP contribution in [0, 0.1) is 0 Å². The number of carbonyl (C=O) groups is 2. The van der Waals surface area contributed by atoms with Crippen molar-refractivity contribution in [1.82, 2.24) is 19.8 Å². The normalized spacial score (nSPS) is 21.3. The first-order valence-electron chi connectivity index (χ1n) is 8.64. The Morgan fingerprint density at radius 2 is 2.25 bits per heavy atom. The fraction of sp³-hybridized carbons (Fsp3) is 0.647. The minimum Gasteiger partial charge on any atom is -0.377 e. The molecule has 7 nitrogen and oxygen atoms in total. The Bertz CT molecular complexity index is 566. The second-order valence-corrected chi connectivity index (χ2v) is 6.29. The van der Waals surface area contributed by atoms with Crippen LogP contribution in [0.5, 0.6) is 0 Å². The van der Waals surface area contributed by atoms with E-state index in [1.54, 1.807) is 23.5 Å². The molecule has 24 heavy (non-hydrogen) atoms. The summed E-state index contributed by atoms with van der Waals surface area (Å²) in [6, 6.07) is 0.0718. The highest BCUT2D eigenvalue weighted by Gasteiger charge is 2.28. The summed E-state index contributed by atoms with van der Waals surface area (Å²) in [6.45, 7) is 3.08. The summed E-state index contributed by atoms with van der Waals surface area (Å²) in [7, 11) is 0. The maximum Gasteiger partial charge on any atom is 0.224 e. The first-order chi connectivity index (χ1) is 11.7. The topological polar surface area (TPSA) is 75.6 Å². The summed E-state index contributed by atoms with van der Waals surface area (Å²) in [6.07, 6.45) is 8.61. The van der Waals surface area contributed by atoms with E-state index in [0.717, 1.165) is 31.5 Å². The quantitative estimate of drug-likeness (QED) is 0.764. The van der Waals surface area contributed by atoms with Crippen LogP contribution in [-0.2, 0) is 20.7 Å². The van der Waals surface area contributed by atoms with E-state index in [0.29, 0.717) is 39.1 Å². The smallest absolute Gasteiger partial charge is 0.224 e. The minimum absolute atomic E-state index is 0.0718. The largest absolute Gasteiger partial charge is 0.377 e. The van der Waals surface area contributed by atoms with Gasteiger partial charge in [0.25, 0.3) is 0 Å². The van der Waals surface area contributed by atoms with Crippen LogP contribution in [-0.4, -0.2) is 70.5 Å². The van der Waals surface area contributed by atoms with Crippen molar-refractivity contribution in [3.05, 3.63) is 24.3 Å². The molecule has 1 aromatic heterocycles. The van der Waals surface area contributed by atoms with Crippen molar-refractivity contribution in [2.24, 2.45) is 0 Å². The molecule has 0 saturated carbocycles. The summed E-state index contributed by atoms with van der Waals surface area (Å²) >= 11 is 0. The van der Waals surface area contributed by atoms with Gasteiger partial charge < -0.3 is 14.5 Å². The summed E-state index contributed by atoms with van der Waals surface area (Å²) in [5, 5.41) is 0. The Labute approximate surface area is 142 Å². The Balaban J connectivity index is 1.51. The number of hydrogen-bond donors (Lipinski definition) is 0. The zero-order valence-electron chi connectivity index (χ0n) is 13.9. The lowest BCUT2D eigenvalue weighted by Gasteiger charge is -2.36. The van der Waals surface area contributed by atoms with Crippen molar-refractivity contribution < 1.29 is 14.3 Å². The Morgan fingerprint density at radius 1 is 1.33 bits per heavy atom. The van der Waals surface area contributed by atoms with E-state index in [-0.39, 0.29) is 17.9 Å². The van der Waals surface area contributed by atoms with E-state index in [1.165, 1.54) is 0 Å². The van der Waals surface area contributed by atoms with Crippen LogP contribution < -0.4 is 0 Å². The molecular formula is C17H24N4O3. The number of hydrogen-bond acceptors (Lipinski definition) is 5. The van der Waals surface area contributed by atoms with Gasteiger partial charge in [-0.15, -0.1) is 0 Å². The summed E-state index contributed by atoms with van der Waals surface area (Å²) in [5.41, 5.74) is 0.929. The number of aryl methyl sites for hydroxylation is 1. The fourth-order valence-electron chi connectivity index (χ4n) is 3.31. The van der Waals surface area contributed by atoms with Crippen LogP contribution >= 0.6 is 0 Å². The number of amides is 2.